The number of rotatable bonds is 3. The number of amides is 2. The number of aromatic nitrogens is 2. The summed E-state index contributed by atoms with van der Waals surface area (Å²) in [5.41, 5.74) is 1.76. The summed E-state index contributed by atoms with van der Waals surface area (Å²) in [6.45, 7) is 0. The Balaban J connectivity index is 1.67. The summed E-state index contributed by atoms with van der Waals surface area (Å²) in [6.07, 6.45) is 4.25. The van der Waals surface area contributed by atoms with Crippen LogP contribution in [0.1, 0.15) is 52.8 Å². The standard InChI is InChI=1S/C16H16N4O4S2/c21-14(18-16-19-17-9-25-16)10-6-7-12-13(8-10)26(23,24)20(15(12)22)11-4-2-1-3-5-11/h6-9,11H,1-5H2,(H,18,19,21). The molecule has 0 radical (unpaired) electrons. The molecular weight excluding hydrogens is 376 g/mol. The third-order valence-electron chi connectivity index (χ3n) is 4.70. The van der Waals surface area contributed by atoms with E-state index in [1.807, 2.05) is 0 Å². The highest BCUT2D eigenvalue weighted by Gasteiger charge is 2.45. The topological polar surface area (TPSA) is 109 Å². The Morgan fingerprint density at radius 1 is 1.23 bits per heavy atom. The summed E-state index contributed by atoms with van der Waals surface area (Å²) in [4.78, 5) is 24.9. The fourth-order valence-corrected chi connectivity index (χ4v) is 5.74. The summed E-state index contributed by atoms with van der Waals surface area (Å²) in [5, 5.41) is 10.2. The number of carbonyl (C=O) groups is 2. The van der Waals surface area contributed by atoms with Crippen molar-refractivity contribution in [3.8, 4) is 0 Å². The molecule has 1 N–H and O–H groups in total. The molecule has 26 heavy (non-hydrogen) atoms. The summed E-state index contributed by atoms with van der Waals surface area (Å²) >= 11 is 1.16. The molecule has 2 amide bonds. The van der Waals surface area contributed by atoms with Crippen molar-refractivity contribution < 1.29 is 18.0 Å². The molecule has 0 bridgehead atoms. The molecule has 1 aromatic heterocycles. The number of carbonyl (C=O) groups excluding carboxylic acids is 2. The lowest BCUT2D eigenvalue weighted by atomic mass is 9.95. The van der Waals surface area contributed by atoms with Crippen LogP contribution in [0.15, 0.2) is 28.6 Å². The van der Waals surface area contributed by atoms with Crippen molar-refractivity contribution in [1.29, 1.82) is 0 Å². The van der Waals surface area contributed by atoms with Gasteiger partial charge in [0.25, 0.3) is 21.8 Å². The second-order valence-electron chi connectivity index (χ2n) is 6.31. The highest BCUT2D eigenvalue weighted by Crippen LogP contribution is 2.36. The van der Waals surface area contributed by atoms with E-state index in [1.165, 1.54) is 23.7 Å². The lowest BCUT2D eigenvalue weighted by Gasteiger charge is -2.29. The molecule has 2 heterocycles. The van der Waals surface area contributed by atoms with Gasteiger partial charge < -0.3 is 0 Å². The van der Waals surface area contributed by atoms with E-state index < -0.39 is 21.8 Å². The first kappa shape index (κ1) is 17.1. The molecule has 136 valence electrons. The molecule has 2 aliphatic rings. The van der Waals surface area contributed by atoms with Gasteiger partial charge in [-0.2, -0.15) is 0 Å². The van der Waals surface area contributed by atoms with Crippen LogP contribution >= 0.6 is 11.3 Å². The van der Waals surface area contributed by atoms with E-state index in [1.54, 1.807) is 0 Å². The molecule has 1 fully saturated rings. The van der Waals surface area contributed by atoms with Crippen LogP contribution in [-0.4, -0.2) is 40.8 Å². The van der Waals surface area contributed by atoms with E-state index in [2.05, 4.69) is 15.5 Å². The second kappa shape index (κ2) is 6.44. The van der Waals surface area contributed by atoms with Crippen LogP contribution in [-0.2, 0) is 10.0 Å². The van der Waals surface area contributed by atoms with Crippen LogP contribution in [0.25, 0.3) is 0 Å². The number of nitrogens with zero attached hydrogens (tertiary/aromatic N) is 3. The van der Waals surface area contributed by atoms with Crippen molar-refractivity contribution in [2.24, 2.45) is 0 Å². The lowest BCUT2D eigenvalue weighted by Crippen LogP contribution is -2.40. The summed E-state index contributed by atoms with van der Waals surface area (Å²) in [5.74, 6) is -0.994. The minimum Gasteiger partial charge on any atom is -0.296 e. The third kappa shape index (κ3) is 2.78. The van der Waals surface area contributed by atoms with Crippen molar-refractivity contribution in [3.63, 3.8) is 0 Å². The van der Waals surface area contributed by atoms with E-state index in [4.69, 9.17) is 0 Å². The molecule has 1 aliphatic carbocycles. The average Bonchev–Trinajstić information content (AvgIpc) is 3.21. The van der Waals surface area contributed by atoms with Crippen LogP contribution in [0.2, 0.25) is 0 Å². The number of anilines is 1. The Hall–Kier alpha value is -2.33. The van der Waals surface area contributed by atoms with Gasteiger partial charge in [0.1, 0.15) is 10.4 Å². The zero-order chi connectivity index (χ0) is 18.3. The van der Waals surface area contributed by atoms with Gasteiger partial charge in [0.2, 0.25) is 5.13 Å². The highest BCUT2D eigenvalue weighted by atomic mass is 32.2. The predicted octanol–water partition coefficient (Wildman–Crippen LogP) is 2.27. The monoisotopic (exact) mass is 392 g/mol. The quantitative estimate of drug-likeness (QED) is 0.858. The molecule has 0 unspecified atom stereocenters. The second-order valence-corrected chi connectivity index (χ2v) is 8.92. The van der Waals surface area contributed by atoms with Gasteiger partial charge in [-0.15, -0.1) is 10.2 Å². The first-order valence-electron chi connectivity index (χ1n) is 8.29. The van der Waals surface area contributed by atoms with Gasteiger partial charge in [0, 0.05) is 11.6 Å². The molecule has 8 nitrogen and oxygen atoms in total. The fraction of sp³-hybridized carbons (Fsp3) is 0.375. The number of sulfonamides is 1. The fourth-order valence-electron chi connectivity index (χ4n) is 3.46. The Kier molecular flexibility index (Phi) is 4.23. The zero-order valence-corrected chi connectivity index (χ0v) is 15.3. The summed E-state index contributed by atoms with van der Waals surface area (Å²) < 4.78 is 26.9. The molecule has 4 rings (SSSR count). The van der Waals surface area contributed by atoms with Crippen LogP contribution < -0.4 is 5.32 Å². The minimum atomic E-state index is -3.93. The maximum atomic E-state index is 12.9. The maximum absolute atomic E-state index is 12.9. The van der Waals surface area contributed by atoms with Gasteiger partial charge in [0.05, 0.1) is 5.56 Å². The number of fused-ring (bicyclic) bond motifs is 1. The van der Waals surface area contributed by atoms with Crippen LogP contribution in [0, 0.1) is 0 Å². The van der Waals surface area contributed by atoms with Crippen molar-refractivity contribution in [2.75, 3.05) is 5.32 Å². The molecule has 2 aromatic rings. The van der Waals surface area contributed by atoms with Crippen LogP contribution in [0.4, 0.5) is 5.13 Å². The SMILES string of the molecule is O=C(Nc1nncs1)c1ccc2c(c1)S(=O)(=O)N(C1CCCCC1)C2=O. The molecule has 0 atom stereocenters. The zero-order valence-electron chi connectivity index (χ0n) is 13.7. The van der Waals surface area contributed by atoms with Gasteiger partial charge in [-0.3, -0.25) is 14.9 Å². The molecule has 0 saturated heterocycles. The Morgan fingerprint density at radius 2 is 2.00 bits per heavy atom. The average molecular weight is 392 g/mol. The molecule has 10 heteroatoms. The third-order valence-corrected chi connectivity index (χ3v) is 7.18. The number of benzene rings is 1. The van der Waals surface area contributed by atoms with E-state index in [9.17, 15) is 18.0 Å². The van der Waals surface area contributed by atoms with E-state index >= 15 is 0 Å². The van der Waals surface area contributed by atoms with Gasteiger partial charge in [0.15, 0.2) is 0 Å². The van der Waals surface area contributed by atoms with Gasteiger partial charge >= 0.3 is 0 Å². The molecule has 1 aliphatic heterocycles. The summed E-state index contributed by atoms with van der Waals surface area (Å²) in [7, 11) is -3.93. The maximum Gasteiger partial charge on any atom is 0.269 e. The van der Waals surface area contributed by atoms with Crippen LogP contribution in [0.3, 0.4) is 0 Å². The minimum absolute atomic E-state index is 0.0991. The summed E-state index contributed by atoms with van der Waals surface area (Å²) in [6, 6.07) is 3.83. The molecular formula is C16H16N4O4S2. The Bertz CT molecular complexity index is 966. The largest absolute Gasteiger partial charge is 0.296 e. The van der Waals surface area contributed by atoms with Crippen LogP contribution in [0.5, 0.6) is 0 Å². The molecule has 1 saturated carbocycles. The number of nitrogens with one attached hydrogen (secondary N) is 1. The Labute approximate surface area is 154 Å². The van der Waals surface area contributed by atoms with Crippen molar-refractivity contribution in [3.05, 3.63) is 34.8 Å². The number of hydrogen-bond donors (Lipinski definition) is 1. The van der Waals surface area contributed by atoms with E-state index in [0.717, 1.165) is 34.9 Å². The first-order chi connectivity index (χ1) is 12.5. The van der Waals surface area contributed by atoms with Gasteiger partial charge in [-0.1, -0.05) is 30.6 Å². The van der Waals surface area contributed by atoms with Crippen molar-refractivity contribution in [1.82, 2.24) is 14.5 Å². The van der Waals surface area contributed by atoms with Crippen molar-refractivity contribution >= 4 is 38.3 Å². The normalized spacial score (nSPS) is 19.4. The lowest BCUT2D eigenvalue weighted by molar-refractivity contribution is 0.0809. The predicted molar refractivity (Wildman–Crippen MR) is 94.5 cm³/mol. The number of hydrogen-bond acceptors (Lipinski definition) is 7. The van der Waals surface area contributed by atoms with E-state index in [0.29, 0.717) is 18.0 Å². The molecule has 0 spiro atoms. The molecule has 1 aromatic carbocycles. The van der Waals surface area contributed by atoms with Crippen molar-refractivity contribution in [2.45, 2.75) is 43.0 Å². The highest BCUT2D eigenvalue weighted by molar-refractivity contribution is 7.90. The first-order valence-corrected chi connectivity index (χ1v) is 10.6. The van der Waals surface area contributed by atoms with Gasteiger partial charge in [-0.25, -0.2) is 12.7 Å². The van der Waals surface area contributed by atoms with E-state index in [-0.39, 0.29) is 22.1 Å². The van der Waals surface area contributed by atoms with Gasteiger partial charge in [-0.05, 0) is 31.0 Å². The Morgan fingerprint density at radius 3 is 2.69 bits per heavy atom. The smallest absolute Gasteiger partial charge is 0.269 e.